The lowest BCUT2D eigenvalue weighted by Gasteiger charge is -2.09. The number of amides is 1. The first-order chi connectivity index (χ1) is 8.74. The fourth-order valence-electron chi connectivity index (χ4n) is 1.46. The summed E-state index contributed by atoms with van der Waals surface area (Å²) in [6, 6.07) is 7.64. The van der Waals surface area contributed by atoms with Crippen LogP contribution in [0.2, 0.25) is 0 Å². The highest BCUT2D eigenvalue weighted by Crippen LogP contribution is 2.15. The number of nitrogens with one attached hydrogen (secondary N) is 1. The molecular formula is C14H21NO3. The van der Waals surface area contributed by atoms with E-state index < -0.39 is 0 Å². The highest BCUT2D eigenvalue weighted by molar-refractivity contribution is 5.77. The summed E-state index contributed by atoms with van der Waals surface area (Å²) < 4.78 is 10.6. The third kappa shape index (κ3) is 5.68. The maximum atomic E-state index is 11.5. The van der Waals surface area contributed by atoms with E-state index in [-0.39, 0.29) is 12.5 Å². The van der Waals surface area contributed by atoms with E-state index in [9.17, 15) is 4.79 Å². The Morgan fingerprint density at radius 2 is 2.11 bits per heavy atom. The monoisotopic (exact) mass is 251 g/mol. The minimum atomic E-state index is -0.102. The van der Waals surface area contributed by atoms with E-state index in [0.717, 1.165) is 17.7 Å². The molecule has 4 heteroatoms. The maximum absolute atomic E-state index is 11.5. The van der Waals surface area contributed by atoms with Crippen LogP contribution in [0.5, 0.6) is 5.75 Å². The summed E-state index contributed by atoms with van der Waals surface area (Å²) in [4.78, 5) is 11.5. The minimum absolute atomic E-state index is 0.0550. The molecule has 1 amide bonds. The van der Waals surface area contributed by atoms with Gasteiger partial charge in [0.1, 0.15) is 5.75 Å². The number of ether oxygens (including phenoxy) is 2. The Kier molecular flexibility index (Phi) is 6.87. The Morgan fingerprint density at radius 3 is 2.83 bits per heavy atom. The Bertz CT molecular complexity index is 366. The number of benzene rings is 1. The Balaban J connectivity index is 2.15. The number of rotatable bonds is 8. The van der Waals surface area contributed by atoms with Crippen LogP contribution < -0.4 is 10.1 Å². The van der Waals surface area contributed by atoms with Gasteiger partial charge in [0.25, 0.3) is 5.91 Å². The molecule has 0 bridgehead atoms. The molecule has 0 aliphatic rings. The SMILES string of the molecule is CCOCCCNC(=O)COc1ccccc1C. The summed E-state index contributed by atoms with van der Waals surface area (Å²) in [6.45, 7) is 5.97. The van der Waals surface area contributed by atoms with Crippen molar-refractivity contribution in [1.29, 1.82) is 0 Å². The number of aryl methyl sites for hydroxylation is 1. The Hall–Kier alpha value is -1.55. The van der Waals surface area contributed by atoms with Crippen LogP contribution in [0.25, 0.3) is 0 Å². The molecule has 0 fully saturated rings. The second-order valence-electron chi connectivity index (χ2n) is 3.95. The molecule has 1 rings (SSSR count). The highest BCUT2D eigenvalue weighted by Gasteiger charge is 2.03. The fraction of sp³-hybridized carbons (Fsp3) is 0.500. The van der Waals surface area contributed by atoms with E-state index in [1.807, 2.05) is 38.1 Å². The van der Waals surface area contributed by atoms with E-state index in [2.05, 4.69) is 5.32 Å². The van der Waals surface area contributed by atoms with Crippen LogP contribution in [0.1, 0.15) is 18.9 Å². The van der Waals surface area contributed by atoms with E-state index in [1.54, 1.807) is 0 Å². The number of carbonyl (C=O) groups excluding carboxylic acids is 1. The van der Waals surface area contributed by atoms with E-state index >= 15 is 0 Å². The number of hydrogen-bond donors (Lipinski definition) is 1. The highest BCUT2D eigenvalue weighted by atomic mass is 16.5. The lowest BCUT2D eigenvalue weighted by Crippen LogP contribution is -2.30. The third-order valence-corrected chi connectivity index (χ3v) is 2.44. The molecule has 0 saturated carbocycles. The fourth-order valence-corrected chi connectivity index (χ4v) is 1.46. The molecule has 0 aromatic heterocycles. The predicted molar refractivity (Wildman–Crippen MR) is 70.8 cm³/mol. The summed E-state index contributed by atoms with van der Waals surface area (Å²) in [5.74, 6) is 0.650. The van der Waals surface area contributed by atoms with Crippen LogP contribution in [-0.4, -0.2) is 32.3 Å². The van der Waals surface area contributed by atoms with Crippen molar-refractivity contribution in [2.45, 2.75) is 20.3 Å². The van der Waals surface area contributed by atoms with Gasteiger partial charge in [-0.05, 0) is 31.9 Å². The van der Waals surface area contributed by atoms with Gasteiger partial charge < -0.3 is 14.8 Å². The van der Waals surface area contributed by atoms with Gasteiger partial charge >= 0.3 is 0 Å². The van der Waals surface area contributed by atoms with E-state index in [0.29, 0.717) is 19.8 Å². The van der Waals surface area contributed by atoms with Crippen LogP contribution >= 0.6 is 0 Å². The van der Waals surface area contributed by atoms with Gasteiger partial charge in [-0.2, -0.15) is 0 Å². The zero-order valence-electron chi connectivity index (χ0n) is 11.1. The van der Waals surface area contributed by atoms with Crippen molar-refractivity contribution < 1.29 is 14.3 Å². The summed E-state index contributed by atoms with van der Waals surface area (Å²) in [5, 5.41) is 2.79. The summed E-state index contributed by atoms with van der Waals surface area (Å²) in [7, 11) is 0. The molecule has 0 spiro atoms. The summed E-state index contributed by atoms with van der Waals surface area (Å²) in [5.41, 5.74) is 1.03. The molecule has 1 aromatic carbocycles. The van der Waals surface area contributed by atoms with Crippen LogP contribution in [0.3, 0.4) is 0 Å². The van der Waals surface area contributed by atoms with Crippen molar-refractivity contribution in [3.05, 3.63) is 29.8 Å². The quantitative estimate of drug-likeness (QED) is 0.718. The molecule has 0 saturated heterocycles. The van der Waals surface area contributed by atoms with Gasteiger partial charge in [-0.25, -0.2) is 0 Å². The minimum Gasteiger partial charge on any atom is -0.484 e. The van der Waals surface area contributed by atoms with Crippen LogP contribution in [0, 0.1) is 6.92 Å². The first-order valence-electron chi connectivity index (χ1n) is 6.27. The largest absolute Gasteiger partial charge is 0.484 e. The summed E-state index contributed by atoms with van der Waals surface area (Å²) >= 11 is 0. The molecule has 0 aliphatic carbocycles. The number of carbonyl (C=O) groups is 1. The van der Waals surface area contributed by atoms with Gasteiger partial charge in [0.05, 0.1) is 0 Å². The molecule has 1 N–H and O–H groups in total. The Morgan fingerprint density at radius 1 is 1.33 bits per heavy atom. The molecule has 0 atom stereocenters. The Labute approximate surface area is 108 Å². The van der Waals surface area contributed by atoms with Gasteiger partial charge in [-0.15, -0.1) is 0 Å². The van der Waals surface area contributed by atoms with Crippen molar-refractivity contribution >= 4 is 5.91 Å². The molecule has 4 nitrogen and oxygen atoms in total. The van der Waals surface area contributed by atoms with Gasteiger partial charge in [-0.1, -0.05) is 18.2 Å². The topological polar surface area (TPSA) is 47.6 Å². The molecule has 18 heavy (non-hydrogen) atoms. The normalized spacial score (nSPS) is 10.1. The predicted octanol–water partition coefficient (Wildman–Crippen LogP) is 1.92. The molecule has 0 unspecified atom stereocenters. The van der Waals surface area contributed by atoms with E-state index in [4.69, 9.17) is 9.47 Å². The first-order valence-corrected chi connectivity index (χ1v) is 6.27. The molecule has 0 aliphatic heterocycles. The van der Waals surface area contributed by atoms with Crippen LogP contribution in [0.4, 0.5) is 0 Å². The van der Waals surface area contributed by atoms with Crippen molar-refractivity contribution in [2.24, 2.45) is 0 Å². The van der Waals surface area contributed by atoms with E-state index in [1.165, 1.54) is 0 Å². The lowest BCUT2D eigenvalue weighted by molar-refractivity contribution is -0.123. The summed E-state index contributed by atoms with van der Waals surface area (Å²) in [6.07, 6.45) is 0.823. The molecule has 100 valence electrons. The van der Waals surface area contributed by atoms with Gasteiger partial charge in [0.15, 0.2) is 6.61 Å². The van der Waals surface area contributed by atoms with Gasteiger partial charge in [0.2, 0.25) is 0 Å². The van der Waals surface area contributed by atoms with Crippen LogP contribution in [0.15, 0.2) is 24.3 Å². The molecule has 0 radical (unpaired) electrons. The maximum Gasteiger partial charge on any atom is 0.257 e. The standard InChI is InChI=1S/C14H21NO3/c1-3-17-10-6-9-15-14(16)11-18-13-8-5-4-7-12(13)2/h4-5,7-8H,3,6,9-11H2,1-2H3,(H,15,16). The average Bonchev–Trinajstić information content (AvgIpc) is 2.37. The van der Waals surface area contributed by atoms with Gasteiger partial charge in [0, 0.05) is 19.8 Å². The molecular weight excluding hydrogens is 230 g/mol. The van der Waals surface area contributed by atoms with Crippen LogP contribution in [-0.2, 0) is 9.53 Å². The van der Waals surface area contributed by atoms with Gasteiger partial charge in [-0.3, -0.25) is 4.79 Å². The molecule has 0 heterocycles. The third-order valence-electron chi connectivity index (χ3n) is 2.44. The first kappa shape index (κ1) is 14.5. The zero-order chi connectivity index (χ0) is 13.2. The average molecular weight is 251 g/mol. The van der Waals surface area contributed by atoms with Crippen molar-refractivity contribution in [2.75, 3.05) is 26.4 Å². The second-order valence-corrected chi connectivity index (χ2v) is 3.95. The zero-order valence-corrected chi connectivity index (χ0v) is 11.1. The smallest absolute Gasteiger partial charge is 0.257 e. The number of para-hydroxylation sites is 1. The second kappa shape index (κ2) is 8.53. The molecule has 1 aromatic rings. The lowest BCUT2D eigenvalue weighted by atomic mass is 10.2. The van der Waals surface area contributed by atoms with Crippen molar-refractivity contribution in [3.8, 4) is 5.75 Å². The number of hydrogen-bond acceptors (Lipinski definition) is 3. The van der Waals surface area contributed by atoms with Crippen molar-refractivity contribution in [1.82, 2.24) is 5.32 Å². The van der Waals surface area contributed by atoms with Crippen molar-refractivity contribution in [3.63, 3.8) is 0 Å².